The Hall–Kier alpha value is -2.87. The van der Waals surface area contributed by atoms with Crippen LogP contribution in [0.5, 0.6) is 0 Å². The summed E-state index contributed by atoms with van der Waals surface area (Å²) in [5.41, 5.74) is 2.84. The number of sulfonamides is 1. The van der Waals surface area contributed by atoms with Crippen molar-refractivity contribution in [1.82, 2.24) is 10.2 Å². The first kappa shape index (κ1) is 30.4. The molecule has 2 amide bonds. The van der Waals surface area contributed by atoms with E-state index in [2.05, 4.69) is 26.1 Å². The average Bonchev–Trinajstić information content (AvgIpc) is 2.76. The number of hydrogen-bond donors (Lipinski definition) is 1. The van der Waals surface area contributed by atoms with E-state index in [1.807, 2.05) is 71.0 Å². The zero-order valence-electron chi connectivity index (χ0n) is 23.8. The molecule has 0 aromatic heterocycles. The van der Waals surface area contributed by atoms with Gasteiger partial charge in [-0.1, -0.05) is 69.7 Å². The lowest BCUT2D eigenvalue weighted by molar-refractivity contribution is -0.141. The van der Waals surface area contributed by atoms with Crippen LogP contribution in [-0.4, -0.2) is 49.5 Å². The van der Waals surface area contributed by atoms with E-state index >= 15 is 0 Å². The monoisotopic (exact) mass is 529 g/mol. The molecule has 0 unspecified atom stereocenters. The van der Waals surface area contributed by atoms with Gasteiger partial charge in [0.1, 0.15) is 12.6 Å². The number of hydrogen-bond acceptors (Lipinski definition) is 4. The largest absolute Gasteiger partial charge is 0.350 e. The second kappa shape index (κ2) is 11.7. The van der Waals surface area contributed by atoms with Gasteiger partial charge in [-0.3, -0.25) is 13.9 Å². The van der Waals surface area contributed by atoms with Gasteiger partial charge >= 0.3 is 0 Å². The van der Waals surface area contributed by atoms with Crippen molar-refractivity contribution in [2.45, 2.75) is 85.4 Å². The van der Waals surface area contributed by atoms with E-state index in [1.165, 1.54) is 4.90 Å². The summed E-state index contributed by atoms with van der Waals surface area (Å²) in [6.45, 7) is 15.5. The molecule has 0 aliphatic heterocycles. The molecule has 0 saturated heterocycles. The number of rotatable bonds is 9. The van der Waals surface area contributed by atoms with Crippen molar-refractivity contribution in [3.8, 4) is 0 Å². The van der Waals surface area contributed by atoms with Crippen molar-refractivity contribution in [2.24, 2.45) is 0 Å². The first-order valence-corrected chi connectivity index (χ1v) is 14.5. The molecule has 0 bridgehead atoms. The van der Waals surface area contributed by atoms with Crippen LogP contribution in [0.3, 0.4) is 0 Å². The molecule has 0 aliphatic carbocycles. The number of benzene rings is 2. The van der Waals surface area contributed by atoms with Gasteiger partial charge in [0, 0.05) is 12.1 Å². The summed E-state index contributed by atoms with van der Waals surface area (Å²) in [6.07, 6.45) is 1.48. The van der Waals surface area contributed by atoms with Crippen LogP contribution in [0, 0.1) is 6.92 Å². The van der Waals surface area contributed by atoms with Crippen LogP contribution in [0.1, 0.15) is 71.6 Å². The molecular formula is C29H43N3O4S. The van der Waals surface area contributed by atoms with Gasteiger partial charge in [-0.15, -0.1) is 0 Å². The Kier molecular flexibility index (Phi) is 9.58. The zero-order chi connectivity index (χ0) is 28.2. The fourth-order valence-corrected chi connectivity index (χ4v) is 4.85. The number of nitrogens with one attached hydrogen (secondary N) is 1. The summed E-state index contributed by atoms with van der Waals surface area (Å²) in [7, 11) is -3.77. The van der Waals surface area contributed by atoms with Gasteiger partial charge < -0.3 is 10.2 Å². The maximum absolute atomic E-state index is 13.8. The van der Waals surface area contributed by atoms with Crippen LogP contribution in [-0.2, 0) is 31.6 Å². The number of carbonyl (C=O) groups is 2. The van der Waals surface area contributed by atoms with E-state index in [0.29, 0.717) is 12.1 Å². The highest BCUT2D eigenvalue weighted by atomic mass is 32.2. The summed E-state index contributed by atoms with van der Waals surface area (Å²) in [4.78, 5) is 28.5. The number of aryl methyl sites for hydroxylation is 1. The van der Waals surface area contributed by atoms with Crippen molar-refractivity contribution in [3.63, 3.8) is 0 Å². The summed E-state index contributed by atoms with van der Waals surface area (Å²) in [6, 6.07) is 14.2. The maximum Gasteiger partial charge on any atom is 0.244 e. The van der Waals surface area contributed by atoms with Crippen LogP contribution in [0.4, 0.5) is 5.69 Å². The third-order valence-corrected chi connectivity index (χ3v) is 7.20. The Bertz CT molecular complexity index is 1180. The highest BCUT2D eigenvalue weighted by Gasteiger charge is 2.33. The van der Waals surface area contributed by atoms with Gasteiger partial charge in [0.2, 0.25) is 21.8 Å². The summed E-state index contributed by atoms with van der Waals surface area (Å²) in [5, 5.41) is 2.97. The molecule has 37 heavy (non-hydrogen) atoms. The molecule has 2 aromatic carbocycles. The molecule has 2 aromatic rings. The first-order chi connectivity index (χ1) is 16.9. The number of anilines is 1. The molecule has 0 radical (unpaired) electrons. The Morgan fingerprint density at radius 1 is 0.919 bits per heavy atom. The van der Waals surface area contributed by atoms with Crippen LogP contribution < -0.4 is 9.62 Å². The minimum absolute atomic E-state index is 0.0934. The molecule has 0 spiro atoms. The minimum Gasteiger partial charge on any atom is -0.350 e. The molecular weight excluding hydrogens is 486 g/mol. The molecule has 0 fully saturated rings. The molecule has 7 nitrogen and oxygen atoms in total. The maximum atomic E-state index is 13.8. The highest BCUT2D eigenvalue weighted by molar-refractivity contribution is 7.92. The summed E-state index contributed by atoms with van der Waals surface area (Å²) in [5.74, 6) is -0.710. The molecule has 1 N–H and O–H groups in total. The predicted molar refractivity (Wildman–Crippen MR) is 151 cm³/mol. The molecule has 1 atom stereocenters. The highest BCUT2D eigenvalue weighted by Crippen LogP contribution is 2.26. The molecule has 0 saturated carbocycles. The van der Waals surface area contributed by atoms with E-state index in [-0.39, 0.29) is 17.9 Å². The van der Waals surface area contributed by atoms with Crippen molar-refractivity contribution in [1.29, 1.82) is 0 Å². The predicted octanol–water partition coefficient (Wildman–Crippen LogP) is 4.78. The third-order valence-electron chi connectivity index (χ3n) is 6.06. The molecule has 2 rings (SSSR count). The Labute approximate surface area is 223 Å². The van der Waals surface area contributed by atoms with Crippen molar-refractivity contribution < 1.29 is 18.0 Å². The lowest BCUT2D eigenvalue weighted by Crippen LogP contribution is -2.55. The SMILES string of the molecule is CC[C@H](C(=O)NC(C)(C)C)N(Cc1ccc(C)cc1)C(=O)CN(c1ccc(C(C)(C)C)cc1)S(C)(=O)=O. The van der Waals surface area contributed by atoms with Gasteiger partial charge in [-0.2, -0.15) is 0 Å². The second-order valence-electron chi connectivity index (χ2n) is 11.7. The van der Waals surface area contributed by atoms with Crippen LogP contribution in [0.15, 0.2) is 48.5 Å². The number of nitrogens with zero attached hydrogens (tertiary/aromatic N) is 2. The van der Waals surface area contributed by atoms with Gasteiger partial charge in [-0.25, -0.2) is 8.42 Å². The van der Waals surface area contributed by atoms with E-state index in [0.717, 1.165) is 27.3 Å². The van der Waals surface area contributed by atoms with Crippen LogP contribution in [0.2, 0.25) is 0 Å². The van der Waals surface area contributed by atoms with E-state index < -0.39 is 34.1 Å². The van der Waals surface area contributed by atoms with E-state index in [1.54, 1.807) is 12.1 Å². The normalized spacial score (nSPS) is 13.1. The van der Waals surface area contributed by atoms with E-state index in [4.69, 9.17) is 0 Å². The average molecular weight is 530 g/mol. The third kappa shape index (κ3) is 8.88. The Morgan fingerprint density at radius 3 is 1.89 bits per heavy atom. The molecule has 8 heteroatoms. The van der Waals surface area contributed by atoms with Gasteiger partial charge in [0.15, 0.2) is 0 Å². The smallest absolute Gasteiger partial charge is 0.244 e. The standard InChI is InChI=1S/C29H43N3O4S/c1-10-25(27(34)30-29(6,7)8)31(19-22-13-11-21(2)12-14-22)26(33)20-32(37(9,35)36)24-17-15-23(16-18-24)28(3,4)5/h11-18,25H,10,19-20H2,1-9H3,(H,30,34)/t25-/m1/s1. The van der Waals surface area contributed by atoms with Gasteiger partial charge in [0.25, 0.3) is 0 Å². The number of amides is 2. The summed E-state index contributed by atoms with van der Waals surface area (Å²) >= 11 is 0. The van der Waals surface area contributed by atoms with E-state index in [9.17, 15) is 18.0 Å². The first-order valence-electron chi connectivity index (χ1n) is 12.7. The molecule has 204 valence electrons. The Balaban J connectivity index is 2.46. The molecule has 0 heterocycles. The number of carbonyl (C=O) groups excluding carboxylic acids is 2. The van der Waals surface area contributed by atoms with Crippen molar-refractivity contribution >= 4 is 27.5 Å². The minimum atomic E-state index is -3.77. The quantitative estimate of drug-likeness (QED) is 0.506. The van der Waals surface area contributed by atoms with Crippen molar-refractivity contribution in [3.05, 3.63) is 65.2 Å². The van der Waals surface area contributed by atoms with Gasteiger partial charge in [0.05, 0.1) is 11.9 Å². The van der Waals surface area contributed by atoms with Crippen LogP contribution >= 0.6 is 0 Å². The lowest BCUT2D eigenvalue weighted by Gasteiger charge is -2.34. The second-order valence-corrected chi connectivity index (χ2v) is 13.6. The lowest BCUT2D eigenvalue weighted by atomic mass is 9.87. The molecule has 0 aliphatic rings. The van der Waals surface area contributed by atoms with Crippen molar-refractivity contribution in [2.75, 3.05) is 17.1 Å². The fraction of sp³-hybridized carbons (Fsp3) is 0.517. The fourth-order valence-electron chi connectivity index (χ4n) is 4.00. The topological polar surface area (TPSA) is 86.8 Å². The summed E-state index contributed by atoms with van der Waals surface area (Å²) < 4.78 is 26.7. The van der Waals surface area contributed by atoms with Gasteiger partial charge in [-0.05, 0) is 62.8 Å². The van der Waals surface area contributed by atoms with Crippen LogP contribution in [0.25, 0.3) is 0 Å². The zero-order valence-corrected chi connectivity index (χ0v) is 24.6. The Morgan fingerprint density at radius 2 is 1.46 bits per heavy atom.